The summed E-state index contributed by atoms with van der Waals surface area (Å²) in [5, 5.41) is 2.51. The van der Waals surface area contributed by atoms with E-state index >= 15 is 0 Å². The predicted molar refractivity (Wildman–Crippen MR) is 283 cm³/mol. The van der Waals surface area contributed by atoms with Crippen molar-refractivity contribution in [3.63, 3.8) is 0 Å². The molecule has 0 atom stereocenters. The molecule has 0 unspecified atom stereocenters. The van der Waals surface area contributed by atoms with Gasteiger partial charge in [0.05, 0.1) is 0 Å². The van der Waals surface area contributed by atoms with Crippen molar-refractivity contribution >= 4 is 27.8 Å². The molecule has 0 aromatic heterocycles. The molecule has 0 spiro atoms. The minimum atomic E-state index is 0.798. The highest BCUT2D eigenvalue weighted by Crippen LogP contribution is 2.44. The van der Waals surface area contributed by atoms with Crippen molar-refractivity contribution in [2.24, 2.45) is 0 Å². The summed E-state index contributed by atoms with van der Waals surface area (Å²) < 4.78 is 0. The molecule has 316 valence electrons. The second kappa shape index (κ2) is 17.5. The summed E-state index contributed by atoms with van der Waals surface area (Å²) in [4.78, 5) is 2.44. The maximum Gasteiger partial charge on any atom is 0.0468 e. The molecular weight excluding hydrogens is 807 g/mol. The van der Waals surface area contributed by atoms with Crippen molar-refractivity contribution in [2.45, 2.75) is 12.8 Å². The zero-order chi connectivity index (χ0) is 44.5. The van der Waals surface area contributed by atoms with E-state index < -0.39 is 0 Å². The Bertz CT molecular complexity index is 3550. The maximum absolute atomic E-state index is 2.45. The van der Waals surface area contributed by atoms with Gasteiger partial charge in [0.1, 0.15) is 0 Å². The first kappa shape index (κ1) is 40.0. The highest BCUT2D eigenvalue weighted by Gasteiger charge is 2.22. The van der Waals surface area contributed by atoms with Crippen LogP contribution in [0.4, 0.5) is 17.1 Å². The molecule has 12 rings (SSSR count). The van der Waals surface area contributed by atoms with Gasteiger partial charge < -0.3 is 4.90 Å². The average Bonchev–Trinajstić information content (AvgIpc) is 3.40. The molecule has 0 N–H and O–H groups in total. The van der Waals surface area contributed by atoms with Crippen LogP contribution in [0.2, 0.25) is 0 Å². The van der Waals surface area contributed by atoms with Crippen LogP contribution in [-0.4, -0.2) is 0 Å². The zero-order valence-electron chi connectivity index (χ0n) is 37.2. The highest BCUT2D eigenvalue weighted by molar-refractivity contribution is 5.92. The molecule has 0 saturated carbocycles. The molecule has 0 heterocycles. The Kier molecular flexibility index (Phi) is 10.4. The smallest absolute Gasteiger partial charge is 0.0468 e. The number of anilines is 3. The molecular formula is C66H47N. The van der Waals surface area contributed by atoms with Crippen LogP contribution in [0.3, 0.4) is 0 Å². The van der Waals surface area contributed by atoms with E-state index in [1.807, 2.05) is 0 Å². The summed E-state index contributed by atoms with van der Waals surface area (Å²) in [6.45, 7) is 0. The Hall–Kier alpha value is -8.52. The van der Waals surface area contributed by atoms with Crippen LogP contribution in [0, 0.1) is 0 Å². The molecule has 0 amide bonds. The zero-order valence-corrected chi connectivity index (χ0v) is 37.2. The third-order valence-electron chi connectivity index (χ3n) is 13.6. The van der Waals surface area contributed by atoms with Crippen LogP contribution < -0.4 is 4.90 Å². The van der Waals surface area contributed by atoms with E-state index in [2.05, 4.69) is 266 Å². The first-order chi connectivity index (χ1) is 33.2. The summed E-state index contributed by atoms with van der Waals surface area (Å²) in [6.07, 6.45) is 1.66. The minimum absolute atomic E-state index is 0.798. The third kappa shape index (κ3) is 7.81. The van der Waals surface area contributed by atoms with E-state index in [-0.39, 0.29) is 0 Å². The van der Waals surface area contributed by atoms with Crippen LogP contribution in [0.5, 0.6) is 0 Å². The van der Waals surface area contributed by atoms with Crippen molar-refractivity contribution in [3.8, 4) is 66.8 Å². The van der Waals surface area contributed by atoms with E-state index in [4.69, 9.17) is 0 Å². The summed E-state index contributed by atoms with van der Waals surface area (Å²) >= 11 is 0. The van der Waals surface area contributed by atoms with Crippen molar-refractivity contribution in [3.05, 3.63) is 283 Å². The first-order valence-electron chi connectivity index (χ1n) is 23.3. The number of benzene rings is 11. The van der Waals surface area contributed by atoms with Crippen LogP contribution >= 0.6 is 0 Å². The Morgan fingerprint density at radius 2 is 0.612 bits per heavy atom. The van der Waals surface area contributed by atoms with Gasteiger partial charge in [-0.25, -0.2) is 0 Å². The molecule has 1 heteroatoms. The van der Waals surface area contributed by atoms with Gasteiger partial charge in [0.2, 0.25) is 0 Å². The van der Waals surface area contributed by atoms with Crippen LogP contribution in [0.1, 0.15) is 22.3 Å². The average molecular weight is 854 g/mol. The van der Waals surface area contributed by atoms with Gasteiger partial charge in [-0.3, -0.25) is 0 Å². The summed E-state index contributed by atoms with van der Waals surface area (Å²) in [5.41, 5.74) is 23.4. The molecule has 11 aromatic carbocycles. The van der Waals surface area contributed by atoms with Gasteiger partial charge in [0.15, 0.2) is 0 Å². The quantitative estimate of drug-likeness (QED) is 0.154. The summed E-state index contributed by atoms with van der Waals surface area (Å²) in [5.74, 6) is 0. The fraction of sp³-hybridized carbons (Fsp3) is 0.0303. The number of nitrogens with zero attached hydrogens (tertiary/aromatic N) is 1. The van der Waals surface area contributed by atoms with E-state index in [0.29, 0.717) is 0 Å². The maximum atomic E-state index is 2.45. The number of hydrogen-bond donors (Lipinski definition) is 0. The molecule has 0 fully saturated rings. The van der Waals surface area contributed by atoms with Crippen molar-refractivity contribution < 1.29 is 0 Å². The Balaban J connectivity index is 1.01. The summed E-state index contributed by atoms with van der Waals surface area (Å²) in [6, 6.07) is 96.0. The van der Waals surface area contributed by atoms with E-state index in [1.165, 1.54) is 99.8 Å². The van der Waals surface area contributed by atoms with E-state index in [1.54, 1.807) is 0 Å². The molecule has 67 heavy (non-hydrogen) atoms. The number of rotatable bonds is 7. The topological polar surface area (TPSA) is 3.24 Å². The Morgan fingerprint density at radius 1 is 0.209 bits per heavy atom. The second-order valence-corrected chi connectivity index (χ2v) is 17.6. The Labute approximate surface area is 393 Å². The number of hydrogen-bond acceptors (Lipinski definition) is 1. The fourth-order valence-corrected chi connectivity index (χ4v) is 10.2. The van der Waals surface area contributed by atoms with Gasteiger partial charge in [0.25, 0.3) is 0 Å². The van der Waals surface area contributed by atoms with Crippen molar-refractivity contribution in [1.29, 1.82) is 0 Å². The lowest BCUT2D eigenvalue weighted by atomic mass is 9.84. The molecule has 0 bridgehead atoms. The van der Waals surface area contributed by atoms with Gasteiger partial charge in [-0.05, 0) is 155 Å². The van der Waals surface area contributed by atoms with Gasteiger partial charge in [0, 0.05) is 17.1 Å². The largest absolute Gasteiger partial charge is 0.310 e. The van der Waals surface area contributed by atoms with Crippen LogP contribution in [-0.2, 0) is 12.8 Å². The molecule has 11 aromatic rings. The first-order valence-corrected chi connectivity index (χ1v) is 23.3. The van der Waals surface area contributed by atoms with Crippen molar-refractivity contribution in [1.82, 2.24) is 0 Å². The molecule has 1 aliphatic rings. The monoisotopic (exact) mass is 853 g/mol. The number of fused-ring (bicyclic) bond motifs is 7. The second-order valence-electron chi connectivity index (χ2n) is 17.6. The van der Waals surface area contributed by atoms with Crippen LogP contribution in [0.25, 0.3) is 77.5 Å². The van der Waals surface area contributed by atoms with Gasteiger partial charge in [-0.1, -0.05) is 218 Å². The van der Waals surface area contributed by atoms with Gasteiger partial charge >= 0.3 is 0 Å². The fourth-order valence-electron chi connectivity index (χ4n) is 10.2. The molecule has 0 aliphatic heterocycles. The normalized spacial score (nSPS) is 11.8. The predicted octanol–water partition coefficient (Wildman–Crippen LogP) is 17.8. The molecule has 1 aliphatic carbocycles. The summed E-state index contributed by atoms with van der Waals surface area (Å²) in [7, 11) is 0. The standard InChI is InChI=1S/C66H47N/c1-3-15-46(16-4-1)48-33-35-58(36-34-48)67(59-37-40-65-57(44-59)43-56-23-11-13-25-62(56)61-24-12-9-21-54(61)42-55-22-10-14-26-63(55)65)60-38-39-64(66(45-60)50-18-5-2-6-19-50)51-30-27-49(28-31-51)53-32-29-47-17-7-8-20-52(47)41-53/h1-41,44-45H,42-43H2. The lowest BCUT2D eigenvalue weighted by Gasteiger charge is -2.29. The SMILES string of the molecule is c1ccc(-c2ccc(N(c3ccc4c(c3)Cc3ccccc3-c3ccccc3Cc3ccccc3-4)c3ccc(-c4ccc(-c5ccc6ccccc6c5)cc4)c(-c4ccccc4)c3)cc2)cc1. The minimum Gasteiger partial charge on any atom is -0.310 e. The lowest BCUT2D eigenvalue weighted by Crippen LogP contribution is -2.11. The lowest BCUT2D eigenvalue weighted by molar-refractivity contribution is 1.14. The van der Waals surface area contributed by atoms with Crippen molar-refractivity contribution in [2.75, 3.05) is 4.90 Å². The molecule has 0 radical (unpaired) electrons. The highest BCUT2D eigenvalue weighted by atomic mass is 15.1. The Morgan fingerprint density at radius 3 is 1.25 bits per heavy atom. The van der Waals surface area contributed by atoms with Crippen LogP contribution in [0.15, 0.2) is 261 Å². The van der Waals surface area contributed by atoms with E-state index in [0.717, 1.165) is 29.9 Å². The van der Waals surface area contributed by atoms with Gasteiger partial charge in [-0.2, -0.15) is 0 Å². The molecule has 1 nitrogen and oxygen atoms in total. The molecule has 0 saturated heterocycles. The third-order valence-corrected chi connectivity index (χ3v) is 13.6. The van der Waals surface area contributed by atoms with Gasteiger partial charge in [-0.15, -0.1) is 0 Å². The van der Waals surface area contributed by atoms with E-state index in [9.17, 15) is 0 Å².